The Hall–Kier alpha value is -0.380. The molecule has 174 valence electrons. The van der Waals surface area contributed by atoms with Gasteiger partial charge in [0.15, 0.2) is 0 Å². The Morgan fingerprint density at radius 2 is 1.42 bits per heavy atom. The van der Waals surface area contributed by atoms with Crippen LogP contribution in [-0.2, 0) is 4.79 Å². The van der Waals surface area contributed by atoms with Crippen LogP contribution in [0.15, 0.2) is 0 Å². The molecule has 1 aromatic carbocycles. The summed E-state index contributed by atoms with van der Waals surface area (Å²) in [5.41, 5.74) is 0.246. The summed E-state index contributed by atoms with van der Waals surface area (Å²) in [6.45, 7) is -2.76. The van der Waals surface area contributed by atoms with Crippen LogP contribution in [0.4, 0.5) is 5.69 Å². The van der Waals surface area contributed by atoms with Crippen molar-refractivity contribution in [3.05, 3.63) is 21.8 Å². The molecule has 0 heterocycles. The van der Waals surface area contributed by atoms with Gasteiger partial charge in [-0.2, -0.15) is 0 Å². The fourth-order valence-electron chi connectivity index (χ4n) is 2.45. The van der Waals surface area contributed by atoms with Crippen molar-refractivity contribution in [2.75, 3.05) is 44.9 Å². The molecule has 0 aliphatic carbocycles. The number of hydrogen-bond donors (Lipinski definition) is 7. The molecule has 1 rings (SSSR count). The van der Waals surface area contributed by atoms with Crippen LogP contribution in [0.25, 0.3) is 0 Å². The Kier molecular flexibility index (Phi) is 12.3. The Balaban J connectivity index is 3.78. The molecule has 2 atom stereocenters. The second-order valence-electron chi connectivity index (χ2n) is 6.16. The fraction of sp³-hybridized carbons (Fsp3) is 0.471. The van der Waals surface area contributed by atoms with Crippen LogP contribution in [0, 0.1) is 10.7 Å². The molecule has 0 saturated carbocycles. The molecule has 14 heteroatoms. The zero-order valence-electron chi connectivity index (χ0n) is 16.2. The zero-order valence-corrected chi connectivity index (χ0v) is 22.7. The first-order valence-electron chi connectivity index (χ1n) is 8.75. The second kappa shape index (κ2) is 13.4. The molecule has 0 aliphatic rings. The number of halogens is 3. The van der Waals surface area contributed by atoms with Gasteiger partial charge in [-0.15, -0.1) is 0 Å². The minimum atomic E-state index is -1.33. The summed E-state index contributed by atoms with van der Waals surface area (Å²) in [6, 6.07) is 0. The standard InChI is InChI=1S/C17H22I3N3O8/c1-21-16(30)10-12(18)11(17(31)22-2-7(27)4-24)14(20)15(13(10)19)23(9(29)6-26)3-8(28)5-25/h7-8,24-28H,2-6H2,1H3,(H,21,30)(H,22,31). The average Bonchev–Trinajstić information content (AvgIpc) is 2.75. The van der Waals surface area contributed by atoms with Crippen molar-refractivity contribution in [3.63, 3.8) is 0 Å². The van der Waals surface area contributed by atoms with Gasteiger partial charge in [0.1, 0.15) is 6.61 Å². The second-order valence-corrected chi connectivity index (χ2v) is 9.40. The van der Waals surface area contributed by atoms with E-state index < -0.39 is 49.8 Å². The molecule has 3 amide bonds. The van der Waals surface area contributed by atoms with Crippen molar-refractivity contribution in [3.8, 4) is 0 Å². The summed E-state index contributed by atoms with van der Waals surface area (Å²) in [5.74, 6) is -2.01. The van der Waals surface area contributed by atoms with Gasteiger partial charge in [-0.25, -0.2) is 0 Å². The van der Waals surface area contributed by atoms with Gasteiger partial charge in [0.25, 0.3) is 17.7 Å². The van der Waals surface area contributed by atoms with Gasteiger partial charge in [0, 0.05) is 17.2 Å². The van der Waals surface area contributed by atoms with E-state index in [4.69, 9.17) is 5.11 Å². The van der Waals surface area contributed by atoms with Gasteiger partial charge in [-0.1, -0.05) is 0 Å². The smallest absolute Gasteiger partial charge is 0.253 e. The quantitative estimate of drug-likeness (QED) is 0.142. The normalized spacial score (nSPS) is 12.8. The lowest BCUT2D eigenvalue weighted by atomic mass is 10.1. The third-order valence-corrected chi connectivity index (χ3v) is 7.17. The number of benzene rings is 1. The third kappa shape index (κ3) is 7.05. The van der Waals surface area contributed by atoms with Crippen LogP contribution in [0.3, 0.4) is 0 Å². The van der Waals surface area contributed by atoms with Crippen LogP contribution in [-0.4, -0.2) is 95.4 Å². The first-order chi connectivity index (χ1) is 14.5. The lowest BCUT2D eigenvalue weighted by molar-refractivity contribution is -0.121. The van der Waals surface area contributed by atoms with Gasteiger partial charge in [0.2, 0.25) is 0 Å². The Labute approximate surface area is 219 Å². The van der Waals surface area contributed by atoms with Crippen molar-refractivity contribution in [1.82, 2.24) is 10.6 Å². The highest BCUT2D eigenvalue weighted by Crippen LogP contribution is 2.38. The maximum Gasteiger partial charge on any atom is 0.253 e. The van der Waals surface area contributed by atoms with Crippen molar-refractivity contribution in [2.24, 2.45) is 0 Å². The molecule has 0 aromatic heterocycles. The minimum absolute atomic E-state index is 0.0367. The van der Waals surface area contributed by atoms with Gasteiger partial charge in [0.05, 0.1) is 55.9 Å². The number of hydrogen-bond acceptors (Lipinski definition) is 8. The molecule has 0 aliphatic heterocycles. The molecule has 31 heavy (non-hydrogen) atoms. The van der Waals surface area contributed by atoms with Crippen LogP contribution in [0.5, 0.6) is 0 Å². The Bertz CT molecular complexity index is 840. The van der Waals surface area contributed by atoms with E-state index in [0.717, 1.165) is 4.90 Å². The van der Waals surface area contributed by atoms with Crippen molar-refractivity contribution >= 4 is 91.2 Å². The number of carbonyl (C=O) groups is 3. The van der Waals surface area contributed by atoms with Gasteiger partial charge >= 0.3 is 0 Å². The largest absolute Gasteiger partial charge is 0.394 e. The lowest BCUT2D eigenvalue weighted by Crippen LogP contribution is -2.42. The number of aliphatic hydroxyl groups is 5. The maximum atomic E-state index is 12.9. The first-order valence-corrected chi connectivity index (χ1v) is 12.0. The van der Waals surface area contributed by atoms with Crippen molar-refractivity contribution in [1.29, 1.82) is 0 Å². The van der Waals surface area contributed by atoms with E-state index in [1.54, 1.807) is 0 Å². The van der Waals surface area contributed by atoms with Crippen LogP contribution in [0.1, 0.15) is 20.7 Å². The molecule has 0 spiro atoms. The number of amides is 3. The van der Waals surface area contributed by atoms with E-state index in [2.05, 4.69) is 10.6 Å². The van der Waals surface area contributed by atoms with E-state index in [1.807, 2.05) is 67.8 Å². The summed E-state index contributed by atoms with van der Waals surface area (Å²) in [5, 5.41) is 51.9. The van der Waals surface area contributed by atoms with Crippen LogP contribution in [0.2, 0.25) is 0 Å². The SMILES string of the molecule is CNC(=O)c1c(I)c(C(=O)NCC(O)CO)c(I)c(N(CC(O)CO)C(=O)CO)c1I. The molecule has 0 radical (unpaired) electrons. The summed E-state index contributed by atoms with van der Waals surface area (Å²) in [4.78, 5) is 38.9. The average molecular weight is 777 g/mol. The summed E-state index contributed by atoms with van der Waals surface area (Å²) < 4.78 is 0.830. The molecule has 0 saturated heterocycles. The predicted molar refractivity (Wildman–Crippen MR) is 136 cm³/mol. The predicted octanol–water partition coefficient (Wildman–Crippen LogP) is -1.38. The van der Waals surface area contributed by atoms with Crippen LogP contribution < -0.4 is 15.5 Å². The maximum absolute atomic E-state index is 12.9. The Morgan fingerprint density at radius 3 is 1.87 bits per heavy atom. The van der Waals surface area contributed by atoms with E-state index in [-0.39, 0.29) is 37.0 Å². The highest BCUT2D eigenvalue weighted by molar-refractivity contribution is 14.1. The topological polar surface area (TPSA) is 180 Å². The van der Waals surface area contributed by atoms with Gasteiger partial charge < -0.3 is 41.1 Å². The molecule has 11 nitrogen and oxygen atoms in total. The number of carbonyl (C=O) groups excluding carboxylic acids is 3. The molecule has 1 aromatic rings. The first kappa shape index (κ1) is 28.7. The molecule has 0 bridgehead atoms. The molecular formula is C17H22I3N3O8. The highest BCUT2D eigenvalue weighted by Gasteiger charge is 2.32. The molecular weight excluding hydrogens is 755 g/mol. The molecule has 0 fully saturated rings. The number of aliphatic hydroxyl groups excluding tert-OH is 5. The van der Waals surface area contributed by atoms with Crippen molar-refractivity contribution < 1.29 is 39.9 Å². The van der Waals surface area contributed by atoms with E-state index in [1.165, 1.54) is 7.05 Å². The lowest BCUT2D eigenvalue weighted by Gasteiger charge is -2.29. The van der Waals surface area contributed by atoms with Crippen LogP contribution >= 0.6 is 67.8 Å². The van der Waals surface area contributed by atoms with E-state index in [0.29, 0.717) is 3.57 Å². The summed E-state index contributed by atoms with van der Waals surface area (Å²) in [6.07, 6.45) is -2.52. The fourth-order valence-corrected chi connectivity index (χ4v) is 7.17. The number of anilines is 1. The Morgan fingerprint density at radius 1 is 0.903 bits per heavy atom. The summed E-state index contributed by atoms with van der Waals surface area (Å²) in [7, 11) is 1.40. The number of nitrogens with one attached hydrogen (secondary N) is 2. The van der Waals surface area contributed by atoms with Crippen molar-refractivity contribution in [2.45, 2.75) is 12.2 Å². The zero-order chi connectivity index (χ0) is 23.9. The third-order valence-electron chi connectivity index (χ3n) is 3.99. The minimum Gasteiger partial charge on any atom is -0.394 e. The summed E-state index contributed by atoms with van der Waals surface area (Å²) >= 11 is 5.48. The van der Waals surface area contributed by atoms with E-state index in [9.17, 15) is 34.8 Å². The number of nitrogens with zero attached hydrogens (tertiary/aromatic N) is 1. The monoisotopic (exact) mass is 777 g/mol. The van der Waals surface area contributed by atoms with E-state index >= 15 is 0 Å². The molecule has 2 unspecified atom stereocenters. The molecule has 7 N–H and O–H groups in total. The van der Waals surface area contributed by atoms with Gasteiger partial charge in [-0.05, 0) is 67.8 Å². The highest BCUT2D eigenvalue weighted by atomic mass is 127. The number of rotatable bonds is 10. The van der Waals surface area contributed by atoms with Gasteiger partial charge in [-0.3, -0.25) is 14.4 Å².